The molecule has 21 heavy (non-hydrogen) atoms. The van der Waals surface area contributed by atoms with Gasteiger partial charge < -0.3 is 5.32 Å². The minimum Gasteiger partial charge on any atom is -0.318 e. The normalized spacial score (nSPS) is 24.3. The van der Waals surface area contributed by atoms with Crippen molar-refractivity contribution < 1.29 is 9.59 Å². The van der Waals surface area contributed by atoms with E-state index in [0.717, 1.165) is 24.1 Å². The number of amides is 2. The molecule has 0 radical (unpaired) electrons. The van der Waals surface area contributed by atoms with E-state index in [1.165, 1.54) is 0 Å². The fourth-order valence-electron chi connectivity index (χ4n) is 2.66. The lowest BCUT2D eigenvalue weighted by atomic mass is 9.74. The molecular formula is C16H17N3O2. The first kappa shape index (κ1) is 13.5. The Labute approximate surface area is 123 Å². The number of hydrogen-bond donors (Lipinski definition) is 2. The molecule has 108 valence electrons. The number of hydrogen-bond acceptors (Lipinski definition) is 3. The predicted octanol–water partition coefficient (Wildman–Crippen LogP) is 2.00. The number of benzene rings is 1. The molecule has 1 aromatic rings. The lowest BCUT2D eigenvalue weighted by Crippen LogP contribution is -2.38. The molecule has 0 saturated heterocycles. The number of hydrazone groups is 1. The Morgan fingerprint density at radius 3 is 2.67 bits per heavy atom. The van der Waals surface area contributed by atoms with Crippen LogP contribution >= 0.6 is 0 Å². The van der Waals surface area contributed by atoms with Crippen molar-refractivity contribution in [2.75, 3.05) is 5.32 Å². The van der Waals surface area contributed by atoms with Crippen LogP contribution < -0.4 is 10.7 Å². The molecule has 0 aromatic heterocycles. The standard InChI is InChI=1S/C16H17N3O2/c1-10-5-7-12(8-6-10)17-15(20)16(21)19-18-14-9-11-3-2-4-13(11)14/h2-3,5-8,11,13H,4,9H2,1H3,(H,17,20)(H,19,21)/b18-14-/t11-,13+/m1/s1. The quantitative estimate of drug-likeness (QED) is 0.495. The van der Waals surface area contributed by atoms with E-state index >= 15 is 0 Å². The highest BCUT2D eigenvalue weighted by atomic mass is 16.2. The maximum Gasteiger partial charge on any atom is 0.329 e. The summed E-state index contributed by atoms with van der Waals surface area (Å²) in [5, 5.41) is 6.61. The zero-order valence-electron chi connectivity index (χ0n) is 11.8. The van der Waals surface area contributed by atoms with Gasteiger partial charge in [0.15, 0.2) is 0 Å². The highest BCUT2D eigenvalue weighted by molar-refractivity contribution is 6.39. The molecule has 2 aliphatic rings. The Bertz CT molecular complexity index is 631. The number of nitrogens with one attached hydrogen (secondary N) is 2. The second kappa shape index (κ2) is 5.52. The monoisotopic (exact) mass is 283 g/mol. The zero-order valence-corrected chi connectivity index (χ0v) is 11.8. The molecule has 0 bridgehead atoms. The average Bonchev–Trinajstić information content (AvgIpc) is 2.83. The van der Waals surface area contributed by atoms with Gasteiger partial charge in [0.05, 0.1) is 0 Å². The minimum atomic E-state index is -0.738. The van der Waals surface area contributed by atoms with Crippen molar-refractivity contribution in [3.63, 3.8) is 0 Å². The van der Waals surface area contributed by atoms with Gasteiger partial charge in [0.2, 0.25) is 0 Å². The van der Waals surface area contributed by atoms with E-state index in [1.54, 1.807) is 12.1 Å². The van der Waals surface area contributed by atoms with Gasteiger partial charge in [0, 0.05) is 17.3 Å². The molecule has 1 saturated carbocycles. The summed E-state index contributed by atoms with van der Waals surface area (Å²) in [5.74, 6) is -0.450. The minimum absolute atomic E-state index is 0.422. The van der Waals surface area contributed by atoms with E-state index < -0.39 is 11.8 Å². The molecule has 5 nitrogen and oxygen atoms in total. The van der Waals surface area contributed by atoms with Crippen molar-refractivity contribution in [1.82, 2.24) is 5.43 Å². The van der Waals surface area contributed by atoms with E-state index in [9.17, 15) is 9.59 Å². The van der Waals surface area contributed by atoms with Gasteiger partial charge in [-0.2, -0.15) is 5.10 Å². The first-order valence-corrected chi connectivity index (χ1v) is 7.04. The van der Waals surface area contributed by atoms with Crippen molar-refractivity contribution in [2.24, 2.45) is 16.9 Å². The van der Waals surface area contributed by atoms with Crippen LogP contribution in [0.2, 0.25) is 0 Å². The highest BCUT2D eigenvalue weighted by Gasteiger charge is 2.38. The van der Waals surface area contributed by atoms with E-state index in [1.807, 2.05) is 19.1 Å². The van der Waals surface area contributed by atoms with Crippen LogP contribution in [0.5, 0.6) is 0 Å². The van der Waals surface area contributed by atoms with Crippen LogP contribution in [0.1, 0.15) is 18.4 Å². The van der Waals surface area contributed by atoms with Crippen molar-refractivity contribution in [3.05, 3.63) is 42.0 Å². The maximum absolute atomic E-state index is 11.7. The molecule has 0 spiro atoms. The lowest BCUT2D eigenvalue weighted by Gasteiger charge is -2.31. The van der Waals surface area contributed by atoms with Gasteiger partial charge >= 0.3 is 11.8 Å². The van der Waals surface area contributed by atoms with Gasteiger partial charge in [-0.3, -0.25) is 9.59 Å². The van der Waals surface area contributed by atoms with E-state index in [4.69, 9.17) is 0 Å². The van der Waals surface area contributed by atoms with Crippen molar-refractivity contribution in [3.8, 4) is 0 Å². The largest absolute Gasteiger partial charge is 0.329 e. The van der Waals surface area contributed by atoms with Crippen LogP contribution in [-0.4, -0.2) is 17.5 Å². The molecule has 3 rings (SSSR count). The number of aryl methyl sites for hydroxylation is 1. The molecule has 2 aliphatic carbocycles. The van der Waals surface area contributed by atoms with Gasteiger partial charge in [-0.25, -0.2) is 5.43 Å². The SMILES string of the molecule is Cc1ccc(NC(=O)C(=O)N/N=C2/C[C@H]3C=CC[C@H]23)cc1. The third kappa shape index (κ3) is 2.86. The van der Waals surface area contributed by atoms with E-state index in [2.05, 4.69) is 28.0 Å². The van der Waals surface area contributed by atoms with E-state index in [0.29, 0.717) is 17.5 Å². The Balaban J connectivity index is 1.52. The number of fused-ring (bicyclic) bond motifs is 1. The number of carbonyl (C=O) groups is 2. The first-order valence-electron chi connectivity index (χ1n) is 7.04. The van der Waals surface area contributed by atoms with Gasteiger partial charge in [-0.15, -0.1) is 0 Å². The molecular weight excluding hydrogens is 266 g/mol. The van der Waals surface area contributed by atoms with Crippen molar-refractivity contribution in [2.45, 2.75) is 19.8 Å². The molecule has 1 aromatic carbocycles. The van der Waals surface area contributed by atoms with Crippen LogP contribution in [0.4, 0.5) is 5.69 Å². The Morgan fingerprint density at radius 2 is 1.95 bits per heavy atom. The predicted molar refractivity (Wildman–Crippen MR) is 80.7 cm³/mol. The third-order valence-electron chi connectivity index (χ3n) is 3.98. The number of rotatable bonds is 2. The highest BCUT2D eigenvalue weighted by Crippen LogP contribution is 2.39. The smallest absolute Gasteiger partial charge is 0.318 e. The number of carbonyl (C=O) groups excluding carboxylic acids is 2. The fraction of sp³-hybridized carbons (Fsp3) is 0.312. The topological polar surface area (TPSA) is 70.6 Å². The van der Waals surface area contributed by atoms with Gasteiger partial charge in [-0.1, -0.05) is 29.8 Å². The summed E-state index contributed by atoms with van der Waals surface area (Å²) in [5.41, 5.74) is 5.00. The third-order valence-corrected chi connectivity index (χ3v) is 3.98. The summed E-state index contributed by atoms with van der Waals surface area (Å²) < 4.78 is 0. The van der Waals surface area contributed by atoms with Gasteiger partial charge in [0.1, 0.15) is 0 Å². The second-order valence-corrected chi connectivity index (χ2v) is 5.50. The molecule has 0 aliphatic heterocycles. The lowest BCUT2D eigenvalue weighted by molar-refractivity contribution is -0.136. The summed E-state index contributed by atoms with van der Waals surface area (Å²) in [7, 11) is 0. The Hall–Kier alpha value is -2.43. The van der Waals surface area contributed by atoms with E-state index in [-0.39, 0.29) is 0 Å². The summed E-state index contributed by atoms with van der Waals surface area (Å²) >= 11 is 0. The summed E-state index contributed by atoms with van der Waals surface area (Å²) in [6.45, 7) is 1.96. The average molecular weight is 283 g/mol. The Morgan fingerprint density at radius 1 is 1.19 bits per heavy atom. The summed E-state index contributed by atoms with van der Waals surface area (Å²) in [6, 6.07) is 7.25. The van der Waals surface area contributed by atoms with Gasteiger partial charge in [0.25, 0.3) is 0 Å². The van der Waals surface area contributed by atoms with Crippen molar-refractivity contribution >= 4 is 23.2 Å². The molecule has 2 amide bonds. The summed E-state index contributed by atoms with van der Waals surface area (Å²) in [4.78, 5) is 23.4. The molecule has 2 atom stereocenters. The molecule has 0 unspecified atom stereocenters. The zero-order chi connectivity index (χ0) is 14.8. The number of anilines is 1. The molecule has 5 heteroatoms. The fourth-order valence-corrected chi connectivity index (χ4v) is 2.66. The van der Waals surface area contributed by atoms with Crippen LogP contribution in [0.25, 0.3) is 0 Å². The number of nitrogens with zero attached hydrogens (tertiary/aromatic N) is 1. The Kier molecular flexibility index (Phi) is 3.56. The molecule has 0 heterocycles. The van der Waals surface area contributed by atoms with Gasteiger partial charge in [-0.05, 0) is 37.8 Å². The van der Waals surface area contributed by atoms with Crippen LogP contribution in [0.15, 0.2) is 41.5 Å². The molecule has 2 N–H and O–H groups in total. The van der Waals surface area contributed by atoms with Crippen LogP contribution in [0.3, 0.4) is 0 Å². The summed E-state index contributed by atoms with van der Waals surface area (Å²) in [6.07, 6.45) is 6.19. The second-order valence-electron chi connectivity index (χ2n) is 5.50. The molecule has 1 fully saturated rings. The first-order chi connectivity index (χ1) is 10.1. The van der Waals surface area contributed by atoms with Crippen molar-refractivity contribution in [1.29, 1.82) is 0 Å². The number of allylic oxidation sites excluding steroid dienone is 2. The van der Waals surface area contributed by atoms with Crippen LogP contribution in [-0.2, 0) is 9.59 Å². The van der Waals surface area contributed by atoms with Crippen LogP contribution in [0, 0.1) is 18.8 Å². The maximum atomic E-state index is 11.7.